The number of hydrogen-bond donors (Lipinski definition) is 6. The van der Waals surface area contributed by atoms with E-state index < -0.39 is 37.3 Å². The number of anilines is 1. The third kappa shape index (κ3) is 9.26. The van der Waals surface area contributed by atoms with Gasteiger partial charge in [-0.3, -0.25) is 4.79 Å². The molecule has 1 amide bonds. The van der Waals surface area contributed by atoms with Crippen LogP contribution in [0.4, 0.5) is 11.4 Å². The van der Waals surface area contributed by atoms with Crippen molar-refractivity contribution < 1.29 is 44.0 Å². The average Bonchev–Trinajstić information content (AvgIpc) is 3.48. The molecule has 5 unspecified atom stereocenters. The molecule has 53 heavy (non-hydrogen) atoms. The molecule has 12 nitrogen and oxygen atoms in total. The van der Waals surface area contributed by atoms with E-state index in [0.29, 0.717) is 39.3 Å². The van der Waals surface area contributed by atoms with E-state index in [9.17, 15) is 25.2 Å². The van der Waals surface area contributed by atoms with Crippen LogP contribution in [-0.4, -0.2) is 127 Å². The van der Waals surface area contributed by atoms with E-state index in [1.807, 2.05) is 0 Å². The lowest BCUT2D eigenvalue weighted by molar-refractivity contribution is -0.401. The van der Waals surface area contributed by atoms with Crippen molar-refractivity contribution in [1.29, 1.82) is 0 Å². The fourth-order valence-corrected chi connectivity index (χ4v) is 7.64. The summed E-state index contributed by atoms with van der Waals surface area (Å²) < 4.78 is 18.7. The molecule has 0 saturated carbocycles. The molecule has 1 fully saturated rings. The summed E-state index contributed by atoms with van der Waals surface area (Å²) >= 11 is 0. The molecular formula is C41H59N4O8+. The van der Waals surface area contributed by atoms with Gasteiger partial charge in [0.15, 0.2) is 12.0 Å². The number of nitrogens with zero attached hydrogens (tertiary/aromatic N) is 2. The Labute approximate surface area is 313 Å². The number of benzene rings is 2. The fraction of sp³-hybridized carbons (Fsp3) is 0.561. The van der Waals surface area contributed by atoms with Gasteiger partial charge >= 0.3 is 0 Å². The van der Waals surface area contributed by atoms with Crippen LogP contribution in [0.15, 0.2) is 72.5 Å². The Morgan fingerprint density at radius 1 is 0.906 bits per heavy atom. The lowest BCUT2D eigenvalue weighted by atomic mass is 9.81. The van der Waals surface area contributed by atoms with Crippen molar-refractivity contribution in [1.82, 2.24) is 10.6 Å². The number of carbonyl (C=O) groups excluding carboxylic acids is 1. The Hall–Kier alpha value is -3.46. The number of para-hydroxylation sites is 2. The molecule has 5 rings (SSSR count). The normalized spacial score (nSPS) is 25.3. The zero-order valence-electron chi connectivity index (χ0n) is 31.8. The first-order chi connectivity index (χ1) is 25.4. The maximum absolute atomic E-state index is 12.6. The third-order valence-corrected chi connectivity index (χ3v) is 10.7. The van der Waals surface area contributed by atoms with Crippen molar-refractivity contribution >= 4 is 23.0 Å². The van der Waals surface area contributed by atoms with Gasteiger partial charge in [-0.25, -0.2) is 0 Å². The molecule has 12 heteroatoms. The molecule has 3 aliphatic rings. The van der Waals surface area contributed by atoms with Gasteiger partial charge in [-0.15, -0.1) is 0 Å². The Kier molecular flexibility index (Phi) is 14.0. The molecule has 0 aliphatic carbocycles. The molecule has 0 spiro atoms. The minimum Gasteiger partial charge on any atom is -0.394 e. The quantitative estimate of drug-likeness (QED) is 0.0995. The summed E-state index contributed by atoms with van der Waals surface area (Å²) in [4.78, 5) is 15.0. The SMILES string of the molecule is C[N+]1=C(/C=C/C=C2/N(CCCCC(=O)NCCOCCNCCOC3OC(CO)C(O)C(O)C3O)c3ccccc3C2(C)C)C(C)(C)c2ccccc21. The van der Waals surface area contributed by atoms with E-state index in [1.165, 1.54) is 33.9 Å². The summed E-state index contributed by atoms with van der Waals surface area (Å²) in [5.41, 5.74) is 7.42. The number of rotatable bonds is 18. The van der Waals surface area contributed by atoms with Gasteiger partial charge in [0.2, 0.25) is 11.6 Å². The topological polar surface area (TPSA) is 156 Å². The first-order valence-electron chi connectivity index (χ1n) is 18.8. The maximum atomic E-state index is 12.6. The molecule has 0 radical (unpaired) electrons. The van der Waals surface area contributed by atoms with Crippen molar-refractivity contribution in [2.45, 2.75) is 88.5 Å². The second-order valence-electron chi connectivity index (χ2n) is 15.0. The zero-order valence-corrected chi connectivity index (χ0v) is 31.8. The average molecular weight is 736 g/mol. The molecule has 6 N–H and O–H groups in total. The van der Waals surface area contributed by atoms with E-state index >= 15 is 0 Å². The van der Waals surface area contributed by atoms with Crippen LogP contribution in [0.25, 0.3) is 0 Å². The standard InChI is InChI=1S/C41H58N4O8/c1-40(2)28-13-6-8-15-30(28)44(5)33(40)17-12-18-34-41(3,4)29-14-7-9-16-31(29)45(34)23-11-10-19-35(47)43-22-25-51-24-20-42-21-26-52-39-38(50)37(49)36(48)32(27-46)53-39/h6-9,12-18,32,36-39,42,46,48-50H,10-11,19-27H2,1-5H3/p+1. The summed E-state index contributed by atoms with van der Waals surface area (Å²) in [6.07, 6.45) is 2.38. The number of aliphatic hydroxyl groups excluding tert-OH is 4. The molecule has 1 saturated heterocycles. The Morgan fingerprint density at radius 3 is 2.36 bits per heavy atom. The van der Waals surface area contributed by atoms with Crippen LogP contribution in [0.5, 0.6) is 0 Å². The number of amides is 1. The Morgan fingerprint density at radius 2 is 1.60 bits per heavy atom. The first kappa shape index (κ1) is 40.7. The lowest BCUT2D eigenvalue weighted by Crippen LogP contribution is -2.59. The lowest BCUT2D eigenvalue weighted by Gasteiger charge is -2.39. The second kappa shape index (κ2) is 18.2. The van der Waals surface area contributed by atoms with Gasteiger partial charge in [-0.1, -0.05) is 56.3 Å². The summed E-state index contributed by atoms with van der Waals surface area (Å²) in [5, 5.41) is 45.1. The monoisotopic (exact) mass is 735 g/mol. The number of carbonyl (C=O) groups is 1. The van der Waals surface area contributed by atoms with Gasteiger partial charge in [-0.2, -0.15) is 4.58 Å². The fourth-order valence-electron chi connectivity index (χ4n) is 7.64. The second-order valence-corrected chi connectivity index (χ2v) is 15.0. The van der Waals surface area contributed by atoms with Crippen LogP contribution >= 0.6 is 0 Å². The number of nitrogens with one attached hydrogen (secondary N) is 2. The van der Waals surface area contributed by atoms with E-state index in [2.05, 4.69) is 122 Å². The number of unbranched alkanes of at least 4 members (excludes halogenated alkanes) is 1. The van der Waals surface area contributed by atoms with Crippen LogP contribution in [0.3, 0.4) is 0 Å². The van der Waals surface area contributed by atoms with E-state index in [0.717, 1.165) is 19.4 Å². The highest BCUT2D eigenvalue weighted by Gasteiger charge is 2.45. The predicted octanol–water partition coefficient (Wildman–Crippen LogP) is 2.64. The largest absolute Gasteiger partial charge is 0.394 e. The van der Waals surface area contributed by atoms with E-state index in [1.54, 1.807) is 0 Å². The smallest absolute Gasteiger partial charge is 0.220 e. The highest BCUT2D eigenvalue weighted by molar-refractivity contribution is 6.03. The van der Waals surface area contributed by atoms with Crippen LogP contribution < -0.4 is 15.5 Å². The highest BCUT2D eigenvalue weighted by Crippen LogP contribution is 2.48. The molecule has 0 bridgehead atoms. The van der Waals surface area contributed by atoms with Gasteiger partial charge in [0.05, 0.1) is 31.8 Å². The van der Waals surface area contributed by atoms with Gasteiger partial charge < -0.3 is 50.2 Å². The predicted molar refractivity (Wildman–Crippen MR) is 205 cm³/mol. The van der Waals surface area contributed by atoms with Gasteiger partial charge in [0.1, 0.15) is 31.5 Å². The van der Waals surface area contributed by atoms with Crippen molar-refractivity contribution in [2.24, 2.45) is 0 Å². The number of aliphatic hydroxyl groups is 4. The van der Waals surface area contributed by atoms with E-state index in [4.69, 9.17) is 14.2 Å². The van der Waals surface area contributed by atoms with Gasteiger partial charge in [0.25, 0.3) is 0 Å². The minimum atomic E-state index is -1.46. The molecule has 2 aromatic carbocycles. The van der Waals surface area contributed by atoms with Crippen LogP contribution in [0, 0.1) is 0 Å². The molecule has 290 valence electrons. The number of ether oxygens (including phenoxy) is 3. The third-order valence-electron chi connectivity index (χ3n) is 10.7. The molecular weight excluding hydrogens is 676 g/mol. The van der Waals surface area contributed by atoms with Crippen molar-refractivity contribution in [2.75, 3.05) is 64.6 Å². The molecule has 2 aromatic rings. The minimum absolute atomic E-state index is 0.0132. The number of fused-ring (bicyclic) bond motifs is 2. The van der Waals surface area contributed by atoms with Crippen LogP contribution in [0.1, 0.15) is 58.1 Å². The van der Waals surface area contributed by atoms with Gasteiger partial charge in [-0.05, 0) is 44.4 Å². The number of hydrogen-bond acceptors (Lipinski definition) is 10. The van der Waals surface area contributed by atoms with Crippen molar-refractivity contribution in [3.8, 4) is 0 Å². The van der Waals surface area contributed by atoms with E-state index in [-0.39, 0.29) is 23.3 Å². The summed E-state index contributed by atoms with van der Waals surface area (Å²) in [5.74, 6) is 0.0132. The van der Waals surface area contributed by atoms with Crippen molar-refractivity contribution in [3.05, 3.63) is 83.6 Å². The molecule has 5 atom stereocenters. The summed E-state index contributed by atoms with van der Waals surface area (Å²) in [7, 11) is 2.14. The maximum Gasteiger partial charge on any atom is 0.220 e. The van der Waals surface area contributed by atoms with Crippen molar-refractivity contribution in [3.63, 3.8) is 0 Å². The zero-order chi connectivity index (χ0) is 38.2. The Bertz CT molecular complexity index is 1640. The molecule has 3 heterocycles. The summed E-state index contributed by atoms with van der Waals surface area (Å²) in [6, 6.07) is 17.2. The highest BCUT2D eigenvalue weighted by atomic mass is 16.7. The molecule has 0 aromatic heterocycles. The Balaban J connectivity index is 0.999. The summed E-state index contributed by atoms with van der Waals surface area (Å²) in [6.45, 7) is 11.9. The van der Waals surface area contributed by atoms with Crippen LogP contribution in [0.2, 0.25) is 0 Å². The molecule has 3 aliphatic heterocycles. The first-order valence-corrected chi connectivity index (χ1v) is 18.8. The van der Waals surface area contributed by atoms with Gasteiger partial charge in [0, 0.05) is 67.1 Å². The van der Waals surface area contributed by atoms with Crippen LogP contribution in [-0.2, 0) is 29.8 Å². The number of allylic oxidation sites excluding steroid dienone is 4.